The highest BCUT2D eigenvalue weighted by Crippen LogP contribution is 2.21. The van der Waals surface area contributed by atoms with Gasteiger partial charge >= 0.3 is 21.2 Å². The maximum atomic E-state index is 2.27. The first-order valence-electron chi connectivity index (χ1n) is 12.4. The smallest absolute Gasteiger partial charge is 0.0683 e. The molecular formula is C32H42I+. The van der Waals surface area contributed by atoms with Gasteiger partial charge in [-0.1, -0.05) is 140 Å². The summed E-state index contributed by atoms with van der Waals surface area (Å²) in [7, 11) is 0. The average molecular weight is 554 g/mol. The molecule has 0 radical (unpaired) electrons. The molecule has 0 unspecified atom stereocenters. The molecule has 0 amide bonds. The first kappa shape index (κ1) is 30.6. The lowest BCUT2D eigenvalue weighted by molar-refractivity contribution is -0.589. The summed E-state index contributed by atoms with van der Waals surface area (Å²) >= 11 is 0.103. The van der Waals surface area contributed by atoms with E-state index in [-0.39, 0.29) is 21.2 Å². The molecule has 0 atom stereocenters. The van der Waals surface area contributed by atoms with E-state index in [4.69, 9.17) is 0 Å². The van der Waals surface area contributed by atoms with Gasteiger partial charge in [0.05, 0.1) is 0 Å². The van der Waals surface area contributed by atoms with Gasteiger partial charge in [-0.15, -0.1) is 0 Å². The highest BCUT2D eigenvalue weighted by molar-refractivity contribution is 5.64. The summed E-state index contributed by atoms with van der Waals surface area (Å²) in [5.74, 6) is 0. The quantitative estimate of drug-likeness (QED) is 0.192. The van der Waals surface area contributed by atoms with Gasteiger partial charge in [0.25, 0.3) is 0 Å². The minimum Gasteiger partial charge on any atom is -0.0683 e. The lowest BCUT2D eigenvalue weighted by atomic mass is 10.1. The molecule has 33 heavy (non-hydrogen) atoms. The van der Waals surface area contributed by atoms with E-state index in [9.17, 15) is 0 Å². The lowest BCUT2D eigenvalue weighted by Gasteiger charge is -1.98. The topological polar surface area (TPSA) is 0 Å². The van der Waals surface area contributed by atoms with Crippen molar-refractivity contribution in [3.8, 4) is 22.3 Å². The van der Waals surface area contributed by atoms with Gasteiger partial charge < -0.3 is 0 Å². The van der Waals surface area contributed by atoms with Gasteiger partial charge in [0, 0.05) is 11.1 Å². The minimum atomic E-state index is 0.103. The van der Waals surface area contributed by atoms with Crippen LogP contribution in [0.2, 0.25) is 0 Å². The van der Waals surface area contributed by atoms with Crippen LogP contribution in [0.4, 0.5) is 0 Å². The zero-order chi connectivity index (χ0) is 24.9. The third-order valence-electron chi connectivity index (χ3n) is 4.12. The number of hydrogen-bond acceptors (Lipinski definition) is 0. The summed E-state index contributed by atoms with van der Waals surface area (Å²) < 4.78 is 3.14. The Morgan fingerprint density at radius 2 is 0.606 bits per heavy atom. The molecule has 0 aromatic heterocycles. The van der Waals surface area contributed by atoms with Crippen LogP contribution in [0.25, 0.3) is 22.3 Å². The van der Waals surface area contributed by atoms with Crippen LogP contribution in [0.15, 0.2) is 109 Å². The number of hydrogen-bond donors (Lipinski definition) is 0. The maximum absolute atomic E-state index is 2.27. The number of benzene rings is 4. The van der Waals surface area contributed by atoms with Gasteiger partial charge in [0.2, 0.25) is 7.14 Å². The van der Waals surface area contributed by atoms with E-state index >= 15 is 0 Å². The van der Waals surface area contributed by atoms with Gasteiger partial charge in [0.15, 0.2) is 0 Å². The molecule has 0 N–H and O–H groups in total. The van der Waals surface area contributed by atoms with Crippen LogP contribution >= 0.6 is 0 Å². The van der Waals surface area contributed by atoms with Gasteiger partial charge in [0.1, 0.15) is 0 Å². The zero-order valence-electron chi connectivity index (χ0n) is 21.8. The van der Waals surface area contributed by atoms with Crippen molar-refractivity contribution in [2.45, 2.75) is 55.4 Å². The number of rotatable bonds is 1. The molecule has 0 saturated heterocycles. The molecule has 0 nitrogen and oxygen atoms in total. The summed E-state index contributed by atoms with van der Waals surface area (Å²) in [6, 6.07) is 38.3. The van der Waals surface area contributed by atoms with Crippen molar-refractivity contribution in [3.63, 3.8) is 0 Å². The molecule has 1 heterocycles. The summed E-state index contributed by atoms with van der Waals surface area (Å²) in [6.45, 7) is 16.0. The van der Waals surface area contributed by atoms with E-state index < -0.39 is 0 Å². The van der Waals surface area contributed by atoms with Crippen LogP contribution in [-0.4, -0.2) is 0 Å². The fraction of sp³-hybridized carbons (Fsp3) is 0.250. The van der Waals surface area contributed by atoms with Gasteiger partial charge in [-0.2, -0.15) is 0 Å². The van der Waals surface area contributed by atoms with Crippen molar-refractivity contribution in [1.82, 2.24) is 0 Å². The highest BCUT2D eigenvalue weighted by atomic mass is 127. The second-order valence-corrected chi connectivity index (χ2v) is 8.65. The van der Waals surface area contributed by atoms with Crippen molar-refractivity contribution >= 4 is 0 Å². The minimum absolute atomic E-state index is 0.103. The monoisotopic (exact) mass is 553 g/mol. The lowest BCUT2D eigenvalue weighted by Crippen LogP contribution is -3.61. The Labute approximate surface area is 214 Å². The Balaban J connectivity index is 0.000000479. The summed E-state index contributed by atoms with van der Waals surface area (Å²) in [6.07, 6.45) is 0. The molecule has 0 spiro atoms. The van der Waals surface area contributed by atoms with E-state index in [0.29, 0.717) is 0 Å². The Morgan fingerprint density at radius 3 is 0.939 bits per heavy atom. The van der Waals surface area contributed by atoms with E-state index in [1.807, 2.05) is 67.5 Å². The highest BCUT2D eigenvalue weighted by Gasteiger charge is 2.31. The normalized spacial score (nSPS) is 9.09. The molecule has 0 bridgehead atoms. The predicted octanol–water partition coefficient (Wildman–Crippen LogP) is 7.25. The van der Waals surface area contributed by atoms with Crippen LogP contribution < -0.4 is 21.2 Å². The Kier molecular flexibility index (Phi) is 18.8. The predicted molar refractivity (Wildman–Crippen MR) is 147 cm³/mol. The number of fused-ring (bicyclic) bond motifs is 3. The van der Waals surface area contributed by atoms with E-state index in [1.165, 1.54) is 22.3 Å². The molecule has 5 rings (SSSR count). The number of halogens is 1. The first-order chi connectivity index (χ1) is 16.4. The van der Waals surface area contributed by atoms with Crippen LogP contribution in [0.3, 0.4) is 0 Å². The van der Waals surface area contributed by atoms with Crippen molar-refractivity contribution in [1.29, 1.82) is 0 Å². The fourth-order valence-electron chi connectivity index (χ4n) is 2.89. The fourth-order valence-corrected chi connectivity index (χ4v) is 5.82. The molecule has 0 fully saturated rings. The summed E-state index contributed by atoms with van der Waals surface area (Å²) in [5.41, 5.74) is 5.48. The van der Waals surface area contributed by atoms with Gasteiger partial charge in [-0.05, 0) is 35.4 Å². The largest absolute Gasteiger partial charge is 0.359 e. The summed E-state index contributed by atoms with van der Waals surface area (Å²) in [5, 5.41) is 0. The molecule has 4 aromatic rings. The molecular weight excluding hydrogens is 511 g/mol. The van der Waals surface area contributed by atoms with E-state index in [2.05, 4.69) is 97.1 Å². The zero-order valence-corrected chi connectivity index (χ0v) is 23.9. The van der Waals surface area contributed by atoms with E-state index in [1.54, 1.807) is 7.14 Å². The van der Waals surface area contributed by atoms with Crippen LogP contribution in [0, 0.1) is 7.14 Å². The van der Waals surface area contributed by atoms with Gasteiger partial charge in [-0.25, -0.2) is 0 Å². The molecule has 1 aliphatic rings. The third kappa shape index (κ3) is 9.96. The maximum Gasteiger partial charge on any atom is 0.359 e. The van der Waals surface area contributed by atoms with Gasteiger partial charge in [-0.3, -0.25) is 0 Å². The first-order valence-corrected chi connectivity index (χ1v) is 14.5. The second-order valence-electron chi connectivity index (χ2n) is 5.79. The Hall–Kier alpha value is -2.39. The van der Waals surface area contributed by atoms with Crippen molar-refractivity contribution in [2.24, 2.45) is 0 Å². The van der Waals surface area contributed by atoms with Crippen molar-refractivity contribution < 1.29 is 21.2 Å². The molecule has 1 heteroatoms. The Morgan fingerprint density at radius 1 is 0.333 bits per heavy atom. The standard InChI is InChI=1S/C12H8I.C12H10.4C2H6/c1-3-7-11-9(5-1)10-6-2-4-8-12(10)13-11;1-3-7-11(8-4-1)12-9-5-2-6-10-12;4*1-2/h1-8H;1-10H;4*1-2H3/q+1;;;;;. The van der Waals surface area contributed by atoms with E-state index in [0.717, 1.165) is 0 Å². The van der Waals surface area contributed by atoms with Crippen LogP contribution in [0.5, 0.6) is 0 Å². The average Bonchev–Trinajstić information content (AvgIpc) is 3.33. The van der Waals surface area contributed by atoms with Crippen LogP contribution in [-0.2, 0) is 0 Å². The third-order valence-corrected chi connectivity index (χ3v) is 7.17. The van der Waals surface area contributed by atoms with Crippen molar-refractivity contribution in [3.05, 3.63) is 116 Å². The molecule has 0 saturated carbocycles. The second kappa shape index (κ2) is 20.2. The molecule has 1 aliphatic heterocycles. The van der Waals surface area contributed by atoms with Crippen LogP contribution in [0.1, 0.15) is 55.4 Å². The Bertz CT molecular complexity index is 879. The molecule has 4 aromatic carbocycles. The summed E-state index contributed by atoms with van der Waals surface area (Å²) in [4.78, 5) is 0. The molecule has 0 aliphatic carbocycles. The SMILES string of the molecule is CC.CC.CC.CC.c1ccc(-c2ccccc2)cc1.c1ccc2c(c1)[I+]c1ccccc1-2. The molecule has 176 valence electrons. The van der Waals surface area contributed by atoms with Crippen molar-refractivity contribution in [2.75, 3.05) is 0 Å².